The molecule has 6 heteroatoms. The smallest absolute Gasteiger partial charge is 0.135 e. The van der Waals surface area contributed by atoms with E-state index in [0.717, 1.165) is 17.7 Å². The molecule has 1 heterocycles. The first-order valence-electron chi connectivity index (χ1n) is 6.52. The van der Waals surface area contributed by atoms with Crippen molar-refractivity contribution in [2.75, 3.05) is 6.61 Å². The normalized spacial score (nSPS) is 12.0. The molecule has 0 saturated heterocycles. The molecule has 0 aliphatic rings. The first-order valence-corrected chi connectivity index (χ1v) is 7.28. The van der Waals surface area contributed by atoms with Gasteiger partial charge in [-0.05, 0) is 36.8 Å². The fourth-order valence-corrected chi connectivity index (χ4v) is 2.39. The van der Waals surface area contributed by atoms with E-state index < -0.39 is 0 Å². The molecule has 21 heavy (non-hydrogen) atoms. The van der Waals surface area contributed by atoms with Crippen LogP contribution in [0.3, 0.4) is 0 Å². The van der Waals surface area contributed by atoms with Crippen LogP contribution in [0.4, 0.5) is 0 Å². The van der Waals surface area contributed by atoms with Gasteiger partial charge in [0, 0.05) is 16.6 Å². The Labute approximate surface area is 140 Å². The zero-order valence-corrected chi connectivity index (χ0v) is 13.9. The highest BCUT2D eigenvalue weighted by atomic mass is 35.5. The molecule has 1 aromatic heterocycles. The van der Waals surface area contributed by atoms with Crippen molar-refractivity contribution in [2.24, 2.45) is 0 Å². The number of aliphatic hydroxyl groups excluding tert-OH is 1. The quantitative estimate of drug-likeness (QED) is 0.804. The van der Waals surface area contributed by atoms with Crippen LogP contribution in [0.2, 0.25) is 10.0 Å². The molecular formula is C15H18Cl3NO2. The molecule has 2 aromatic rings. The second kappa shape index (κ2) is 8.66. The molecule has 2 N–H and O–H groups in total. The van der Waals surface area contributed by atoms with Crippen LogP contribution in [0.25, 0.3) is 11.3 Å². The number of hydrogen-bond acceptors (Lipinski definition) is 3. The van der Waals surface area contributed by atoms with E-state index in [0.29, 0.717) is 22.4 Å². The predicted molar refractivity (Wildman–Crippen MR) is 89.4 cm³/mol. The van der Waals surface area contributed by atoms with E-state index in [1.54, 1.807) is 12.1 Å². The summed E-state index contributed by atoms with van der Waals surface area (Å²) in [5, 5.41) is 13.5. The number of furan rings is 1. The van der Waals surface area contributed by atoms with Gasteiger partial charge < -0.3 is 14.8 Å². The van der Waals surface area contributed by atoms with Crippen molar-refractivity contribution in [3.8, 4) is 11.3 Å². The van der Waals surface area contributed by atoms with Gasteiger partial charge in [0.2, 0.25) is 0 Å². The van der Waals surface area contributed by atoms with E-state index >= 15 is 0 Å². The van der Waals surface area contributed by atoms with Crippen molar-refractivity contribution < 1.29 is 9.52 Å². The molecule has 0 bridgehead atoms. The number of aliphatic hydroxyl groups is 1. The summed E-state index contributed by atoms with van der Waals surface area (Å²) < 4.78 is 5.76. The Morgan fingerprint density at radius 1 is 1.24 bits per heavy atom. The van der Waals surface area contributed by atoms with Gasteiger partial charge >= 0.3 is 0 Å². The van der Waals surface area contributed by atoms with Crippen LogP contribution in [-0.2, 0) is 6.54 Å². The Balaban J connectivity index is 0.00000220. The van der Waals surface area contributed by atoms with E-state index in [2.05, 4.69) is 5.32 Å². The molecule has 1 atom stereocenters. The number of rotatable bonds is 6. The minimum absolute atomic E-state index is 0. The Morgan fingerprint density at radius 2 is 2.00 bits per heavy atom. The molecule has 0 saturated carbocycles. The summed E-state index contributed by atoms with van der Waals surface area (Å²) in [5.41, 5.74) is 0.816. The fraction of sp³-hybridized carbons (Fsp3) is 0.333. The highest BCUT2D eigenvalue weighted by Gasteiger charge is 2.10. The predicted octanol–water partition coefficient (Wildman–Crippen LogP) is 4.54. The standard InChI is InChI=1S/C15H17Cl2NO2.ClH/c1-2-11(9-19)18-8-12-4-6-15(20-12)13-5-3-10(16)7-14(13)17;/h3-7,11,18-19H,2,8-9H2,1H3;1H. The van der Waals surface area contributed by atoms with Gasteiger partial charge in [0.05, 0.1) is 18.2 Å². The first-order chi connectivity index (χ1) is 9.63. The zero-order chi connectivity index (χ0) is 14.5. The van der Waals surface area contributed by atoms with Crippen molar-refractivity contribution in [2.45, 2.75) is 25.9 Å². The van der Waals surface area contributed by atoms with E-state index in [1.165, 1.54) is 0 Å². The summed E-state index contributed by atoms with van der Waals surface area (Å²) in [6, 6.07) is 9.18. The lowest BCUT2D eigenvalue weighted by Gasteiger charge is -2.12. The lowest BCUT2D eigenvalue weighted by atomic mass is 10.2. The van der Waals surface area contributed by atoms with Crippen LogP contribution in [0.1, 0.15) is 19.1 Å². The van der Waals surface area contributed by atoms with Crippen molar-refractivity contribution in [3.05, 3.63) is 46.1 Å². The van der Waals surface area contributed by atoms with E-state index in [-0.39, 0.29) is 25.1 Å². The minimum Gasteiger partial charge on any atom is -0.460 e. The Hall–Kier alpha value is -0.710. The van der Waals surface area contributed by atoms with E-state index in [9.17, 15) is 0 Å². The third-order valence-corrected chi connectivity index (χ3v) is 3.68. The summed E-state index contributed by atoms with van der Waals surface area (Å²) in [6.07, 6.45) is 0.868. The Bertz CT molecular complexity index is 568. The van der Waals surface area contributed by atoms with E-state index in [4.69, 9.17) is 32.7 Å². The molecule has 0 spiro atoms. The van der Waals surface area contributed by atoms with Crippen LogP contribution in [0.5, 0.6) is 0 Å². The van der Waals surface area contributed by atoms with Gasteiger partial charge in [0.1, 0.15) is 11.5 Å². The van der Waals surface area contributed by atoms with Crippen molar-refractivity contribution in [1.29, 1.82) is 0 Å². The lowest BCUT2D eigenvalue weighted by Crippen LogP contribution is -2.30. The molecule has 1 unspecified atom stereocenters. The molecule has 1 aromatic carbocycles. The summed E-state index contributed by atoms with van der Waals surface area (Å²) in [5.74, 6) is 1.51. The summed E-state index contributed by atoms with van der Waals surface area (Å²) >= 11 is 12.0. The van der Waals surface area contributed by atoms with Crippen LogP contribution in [-0.4, -0.2) is 17.8 Å². The second-order valence-corrected chi connectivity index (χ2v) is 5.40. The molecule has 2 rings (SSSR count). The third-order valence-electron chi connectivity index (χ3n) is 3.14. The SMILES string of the molecule is CCC(CO)NCc1ccc(-c2ccc(Cl)cc2Cl)o1.Cl. The maximum absolute atomic E-state index is 9.13. The molecule has 0 aliphatic heterocycles. The number of halogens is 3. The molecule has 0 fully saturated rings. The topological polar surface area (TPSA) is 45.4 Å². The van der Waals surface area contributed by atoms with Crippen molar-refractivity contribution >= 4 is 35.6 Å². The fourth-order valence-electron chi connectivity index (χ4n) is 1.89. The minimum atomic E-state index is 0. The molecule has 0 aliphatic carbocycles. The largest absolute Gasteiger partial charge is 0.460 e. The molecule has 116 valence electrons. The van der Waals surface area contributed by atoms with E-state index in [1.807, 2.05) is 25.1 Å². The Morgan fingerprint density at radius 3 is 2.62 bits per heavy atom. The van der Waals surface area contributed by atoms with Crippen LogP contribution in [0.15, 0.2) is 34.7 Å². The average molecular weight is 351 g/mol. The zero-order valence-electron chi connectivity index (χ0n) is 11.6. The van der Waals surface area contributed by atoms with Crippen LogP contribution < -0.4 is 5.32 Å². The molecule has 0 amide bonds. The lowest BCUT2D eigenvalue weighted by molar-refractivity contribution is 0.235. The number of nitrogens with one attached hydrogen (secondary N) is 1. The van der Waals surface area contributed by atoms with Gasteiger partial charge in [-0.2, -0.15) is 0 Å². The number of hydrogen-bond donors (Lipinski definition) is 2. The molecule has 0 radical (unpaired) electrons. The third kappa shape index (κ3) is 4.90. The highest BCUT2D eigenvalue weighted by molar-refractivity contribution is 6.36. The monoisotopic (exact) mass is 349 g/mol. The van der Waals surface area contributed by atoms with Gasteiger partial charge in [-0.25, -0.2) is 0 Å². The maximum Gasteiger partial charge on any atom is 0.135 e. The van der Waals surface area contributed by atoms with Gasteiger partial charge in [-0.15, -0.1) is 12.4 Å². The average Bonchev–Trinajstić information content (AvgIpc) is 2.88. The summed E-state index contributed by atoms with van der Waals surface area (Å²) in [4.78, 5) is 0. The van der Waals surface area contributed by atoms with Crippen LogP contribution in [0, 0.1) is 0 Å². The maximum atomic E-state index is 9.13. The highest BCUT2D eigenvalue weighted by Crippen LogP contribution is 2.31. The summed E-state index contributed by atoms with van der Waals surface area (Å²) in [6.45, 7) is 2.71. The molecular weight excluding hydrogens is 333 g/mol. The second-order valence-electron chi connectivity index (χ2n) is 4.56. The van der Waals surface area contributed by atoms with Gasteiger partial charge in [-0.1, -0.05) is 30.1 Å². The Kier molecular flexibility index (Phi) is 7.57. The first kappa shape index (κ1) is 18.3. The molecule has 3 nitrogen and oxygen atoms in total. The van der Waals surface area contributed by atoms with Gasteiger partial charge in [0.15, 0.2) is 0 Å². The number of benzene rings is 1. The van der Waals surface area contributed by atoms with Crippen molar-refractivity contribution in [3.63, 3.8) is 0 Å². The summed E-state index contributed by atoms with van der Waals surface area (Å²) in [7, 11) is 0. The van der Waals surface area contributed by atoms with Crippen molar-refractivity contribution in [1.82, 2.24) is 5.32 Å². The van der Waals surface area contributed by atoms with Gasteiger partial charge in [-0.3, -0.25) is 0 Å². The van der Waals surface area contributed by atoms with Gasteiger partial charge in [0.25, 0.3) is 0 Å². The van der Waals surface area contributed by atoms with Crippen LogP contribution >= 0.6 is 35.6 Å².